The number of hydrogen-bond donors (Lipinski definition) is 1. The van der Waals surface area contributed by atoms with Crippen molar-refractivity contribution in [2.75, 3.05) is 19.8 Å². The zero-order chi connectivity index (χ0) is 15.1. The van der Waals surface area contributed by atoms with Crippen LogP contribution in [0, 0.1) is 0 Å². The molecular weight excluding hydrogens is 258 g/mol. The van der Waals surface area contributed by atoms with Gasteiger partial charge in [-0.25, -0.2) is 4.79 Å². The number of ether oxygens (including phenoxy) is 2. The highest BCUT2D eigenvalue weighted by Crippen LogP contribution is 2.06. The smallest absolute Gasteiger partial charge is 0.407 e. The van der Waals surface area contributed by atoms with Gasteiger partial charge < -0.3 is 14.8 Å². The van der Waals surface area contributed by atoms with Gasteiger partial charge in [-0.1, -0.05) is 33.1 Å². The number of alkyl carbamates (subject to hydrolysis) is 1. The van der Waals surface area contributed by atoms with Crippen molar-refractivity contribution in [1.82, 2.24) is 5.32 Å². The van der Waals surface area contributed by atoms with Crippen molar-refractivity contribution in [3.8, 4) is 0 Å². The van der Waals surface area contributed by atoms with Crippen LogP contribution in [0.1, 0.15) is 65.2 Å². The average Bonchev–Trinajstić information content (AvgIpc) is 2.45. The normalized spacial score (nSPS) is 10.1. The minimum atomic E-state index is -0.328. The molecule has 0 aliphatic heterocycles. The lowest BCUT2D eigenvalue weighted by molar-refractivity contribution is -0.143. The number of carbonyl (C=O) groups is 2. The van der Waals surface area contributed by atoms with Crippen molar-refractivity contribution in [2.24, 2.45) is 0 Å². The second-order valence-electron chi connectivity index (χ2n) is 4.80. The van der Waals surface area contributed by atoms with E-state index in [9.17, 15) is 9.59 Å². The summed E-state index contributed by atoms with van der Waals surface area (Å²) in [6, 6.07) is 0. The summed E-state index contributed by atoms with van der Waals surface area (Å²) in [6.07, 6.45) is 6.89. The minimum absolute atomic E-state index is 0.0906. The van der Waals surface area contributed by atoms with Crippen LogP contribution in [0.5, 0.6) is 0 Å². The summed E-state index contributed by atoms with van der Waals surface area (Å²) in [6.45, 7) is 5.60. The van der Waals surface area contributed by atoms with Gasteiger partial charge in [-0.15, -0.1) is 0 Å². The monoisotopic (exact) mass is 287 g/mol. The number of esters is 1. The van der Waals surface area contributed by atoms with Gasteiger partial charge in [0.2, 0.25) is 0 Å². The van der Waals surface area contributed by atoms with E-state index in [2.05, 4.69) is 5.32 Å². The first kappa shape index (κ1) is 18.7. The molecule has 0 aromatic carbocycles. The molecule has 118 valence electrons. The summed E-state index contributed by atoms with van der Waals surface area (Å²) in [4.78, 5) is 22.3. The van der Waals surface area contributed by atoms with Crippen molar-refractivity contribution in [1.29, 1.82) is 0 Å². The first-order valence-corrected chi connectivity index (χ1v) is 7.77. The van der Waals surface area contributed by atoms with Gasteiger partial charge in [0.25, 0.3) is 0 Å². The lowest BCUT2D eigenvalue weighted by Gasteiger charge is -2.06. The van der Waals surface area contributed by atoms with Gasteiger partial charge >= 0.3 is 12.1 Å². The number of rotatable bonds is 12. The predicted octanol–water partition coefficient (Wildman–Crippen LogP) is 3.42. The van der Waals surface area contributed by atoms with E-state index in [1.807, 2.05) is 13.8 Å². The van der Waals surface area contributed by atoms with Crippen molar-refractivity contribution in [3.05, 3.63) is 0 Å². The Bertz CT molecular complexity index is 230. The molecule has 20 heavy (non-hydrogen) atoms. The topological polar surface area (TPSA) is 64.6 Å². The van der Waals surface area contributed by atoms with Crippen LogP contribution < -0.4 is 5.32 Å². The van der Waals surface area contributed by atoms with Gasteiger partial charge in [-0.2, -0.15) is 0 Å². The third kappa shape index (κ3) is 13.2. The van der Waals surface area contributed by atoms with Gasteiger partial charge in [0.05, 0.1) is 13.2 Å². The van der Waals surface area contributed by atoms with Gasteiger partial charge in [0.15, 0.2) is 0 Å². The molecule has 0 aromatic rings. The molecule has 0 saturated carbocycles. The maximum absolute atomic E-state index is 11.2. The molecule has 0 spiro atoms. The average molecular weight is 287 g/mol. The third-order valence-electron chi connectivity index (χ3n) is 2.73. The molecule has 0 aliphatic carbocycles. The Morgan fingerprint density at radius 1 is 0.850 bits per heavy atom. The van der Waals surface area contributed by atoms with Gasteiger partial charge in [0, 0.05) is 13.0 Å². The zero-order valence-electron chi connectivity index (χ0n) is 12.9. The summed E-state index contributed by atoms with van der Waals surface area (Å²) in [5.41, 5.74) is 0. The van der Waals surface area contributed by atoms with Crippen LogP contribution in [0.3, 0.4) is 0 Å². The minimum Gasteiger partial charge on any atom is -0.466 e. The fraction of sp³-hybridized carbons (Fsp3) is 0.867. The Morgan fingerprint density at radius 3 is 2.15 bits per heavy atom. The summed E-state index contributed by atoms with van der Waals surface area (Å²) in [5.74, 6) is -0.0906. The van der Waals surface area contributed by atoms with Crippen LogP contribution in [0.2, 0.25) is 0 Å². The van der Waals surface area contributed by atoms with E-state index in [1.165, 1.54) is 0 Å². The highest BCUT2D eigenvalue weighted by Gasteiger charge is 2.02. The summed E-state index contributed by atoms with van der Waals surface area (Å²) < 4.78 is 9.89. The molecule has 0 bridgehead atoms. The first-order chi connectivity index (χ1) is 9.70. The molecule has 5 heteroatoms. The zero-order valence-corrected chi connectivity index (χ0v) is 12.9. The number of hydrogen-bond acceptors (Lipinski definition) is 4. The van der Waals surface area contributed by atoms with E-state index < -0.39 is 0 Å². The van der Waals surface area contributed by atoms with E-state index in [1.54, 1.807) is 0 Å². The van der Waals surface area contributed by atoms with Gasteiger partial charge in [0.1, 0.15) is 0 Å². The fourth-order valence-corrected chi connectivity index (χ4v) is 1.65. The van der Waals surface area contributed by atoms with Gasteiger partial charge in [-0.05, 0) is 25.7 Å². The van der Waals surface area contributed by atoms with Crippen LogP contribution in [0.4, 0.5) is 4.79 Å². The summed E-state index contributed by atoms with van der Waals surface area (Å²) >= 11 is 0. The number of carbonyl (C=O) groups excluding carboxylic acids is 2. The maximum Gasteiger partial charge on any atom is 0.407 e. The molecule has 0 heterocycles. The predicted molar refractivity (Wildman–Crippen MR) is 78.6 cm³/mol. The molecular formula is C15H29NO4. The molecule has 0 fully saturated rings. The Hall–Kier alpha value is -1.26. The number of amides is 1. The third-order valence-corrected chi connectivity index (χ3v) is 2.73. The van der Waals surface area contributed by atoms with Crippen LogP contribution in [0.25, 0.3) is 0 Å². The summed E-state index contributed by atoms with van der Waals surface area (Å²) in [7, 11) is 0. The van der Waals surface area contributed by atoms with Crippen molar-refractivity contribution >= 4 is 12.1 Å². The quantitative estimate of drug-likeness (QED) is 0.441. The first-order valence-electron chi connectivity index (χ1n) is 7.77. The fourth-order valence-electron chi connectivity index (χ4n) is 1.65. The van der Waals surface area contributed by atoms with Crippen LogP contribution in [-0.2, 0) is 14.3 Å². The van der Waals surface area contributed by atoms with Crippen LogP contribution in [-0.4, -0.2) is 31.8 Å². The van der Waals surface area contributed by atoms with Crippen molar-refractivity contribution in [2.45, 2.75) is 65.2 Å². The van der Waals surface area contributed by atoms with E-state index in [0.717, 1.165) is 44.9 Å². The molecule has 1 amide bonds. The molecule has 0 aliphatic rings. The lowest BCUT2D eigenvalue weighted by atomic mass is 10.1. The number of nitrogens with one attached hydrogen (secondary N) is 1. The Kier molecular flexibility index (Phi) is 13.3. The van der Waals surface area contributed by atoms with Gasteiger partial charge in [-0.3, -0.25) is 4.79 Å². The Labute approximate surface area is 122 Å². The van der Waals surface area contributed by atoms with E-state index >= 15 is 0 Å². The lowest BCUT2D eigenvalue weighted by Crippen LogP contribution is -2.25. The van der Waals surface area contributed by atoms with E-state index in [4.69, 9.17) is 9.47 Å². The molecule has 0 aromatic heterocycles. The molecule has 0 radical (unpaired) electrons. The standard InChI is InChI=1S/C15H29NO4/c1-3-12-19-14(17)10-8-6-5-7-9-11-16-15(18)20-13-4-2/h3-13H2,1-2H3,(H,16,18). The molecule has 0 saturated heterocycles. The highest BCUT2D eigenvalue weighted by atomic mass is 16.5. The van der Waals surface area contributed by atoms with Crippen LogP contribution >= 0.6 is 0 Å². The van der Waals surface area contributed by atoms with Crippen LogP contribution in [0.15, 0.2) is 0 Å². The SMILES string of the molecule is CCCOC(=O)CCCCCCCNC(=O)OCCC. The molecule has 1 N–H and O–H groups in total. The van der Waals surface area contributed by atoms with Crippen molar-refractivity contribution < 1.29 is 19.1 Å². The van der Waals surface area contributed by atoms with Crippen molar-refractivity contribution in [3.63, 3.8) is 0 Å². The highest BCUT2D eigenvalue weighted by molar-refractivity contribution is 5.69. The Morgan fingerprint density at radius 2 is 1.45 bits per heavy atom. The maximum atomic E-state index is 11.2. The van der Waals surface area contributed by atoms with E-state index in [-0.39, 0.29) is 12.1 Å². The second kappa shape index (κ2) is 14.2. The molecule has 0 rings (SSSR count). The second-order valence-corrected chi connectivity index (χ2v) is 4.80. The Balaban J connectivity index is 3.20. The summed E-state index contributed by atoms with van der Waals surface area (Å²) in [5, 5.41) is 2.71. The molecule has 0 atom stereocenters. The largest absolute Gasteiger partial charge is 0.466 e. The molecule has 5 nitrogen and oxygen atoms in total. The number of unbranched alkanes of at least 4 members (excludes halogenated alkanes) is 4. The molecule has 0 unspecified atom stereocenters. The van der Waals surface area contributed by atoms with E-state index in [0.29, 0.717) is 26.2 Å².